The fraction of sp³-hybridized carbons (Fsp3) is 0.222. The second-order valence-corrected chi connectivity index (χ2v) is 3.66. The lowest BCUT2D eigenvalue weighted by molar-refractivity contribution is -0.138. The van der Waals surface area contributed by atoms with Gasteiger partial charge in [0.2, 0.25) is 0 Å². The van der Waals surface area contributed by atoms with Crippen LogP contribution in [-0.4, -0.2) is 32.0 Å². The fourth-order valence-electron chi connectivity index (χ4n) is 0.973. The molecular weight excluding hydrogens is 249 g/mol. The lowest BCUT2D eigenvalue weighted by Gasteiger charge is -2.05. The minimum atomic E-state index is -3.13. The molecule has 7 nitrogen and oxygen atoms in total. The average Bonchev–Trinajstić information content (AvgIpc) is 2.20. The molecule has 0 aromatic heterocycles. The molecule has 96 valence electrons. The molecule has 6 N–H and O–H groups in total. The molecule has 0 aliphatic carbocycles. The SMILES string of the molecule is NC(Cc1ccc(O)cc1)C(=O)O.O=[PH](O)O. The van der Waals surface area contributed by atoms with Crippen LogP contribution in [0.25, 0.3) is 0 Å². The first-order valence-corrected chi connectivity index (χ1v) is 5.81. The maximum atomic E-state index is 10.4. The number of nitrogens with two attached hydrogens (primary N) is 1. The second kappa shape index (κ2) is 7.81. The van der Waals surface area contributed by atoms with Crippen LogP contribution in [0.4, 0.5) is 0 Å². The van der Waals surface area contributed by atoms with E-state index in [9.17, 15) is 4.79 Å². The van der Waals surface area contributed by atoms with E-state index >= 15 is 0 Å². The van der Waals surface area contributed by atoms with Crippen molar-refractivity contribution in [3.05, 3.63) is 29.8 Å². The van der Waals surface area contributed by atoms with Crippen molar-refractivity contribution in [2.45, 2.75) is 12.5 Å². The highest BCUT2D eigenvalue weighted by molar-refractivity contribution is 7.30. The maximum Gasteiger partial charge on any atom is 0.320 e. The molecule has 0 amide bonds. The second-order valence-electron chi connectivity index (χ2n) is 3.10. The van der Waals surface area contributed by atoms with Crippen LogP contribution >= 0.6 is 8.25 Å². The first kappa shape index (κ1) is 15.6. The van der Waals surface area contributed by atoms with Crippen LogP contribution < -0.4 is 5.73 Å². The van der Waals surface area contributed by atoms with Crippen molar-refractivity contribution in [3.63, 3.8) is 0 Å². The van der Waals surface area contributed by atoms with Crippen molar-refractivity contribution >= 4 is 14.2 Å². The number of carbonyl (C=O) groups is 1. The zero-order valence-corrected chi connectivity index (χ0v) is 9.78. The zero-order chi connectivity index (χ0) is 13.4. The van der Waals surface area contributed by atoms with E-state index in [0.717, 1.165) is 5.56 Å². The Labute approximate surface area is 98.1 Å². The van der Waals surface area contributed by atoms with Gasteiger partial charge in [-0.2, -0.15) is 0 Å². The largest absolute Gasteiger partial charge is 0.508 e. The van der Waals surface area contributed by atoms with Gasteiger partial charge in [-0.1, -0.05) is 12.1 Å². The first-order valence-electron chi connectivity index (χ1n) is 4.51. The highest BCUT2D eigenvalue weighted by Crippen LogP contribution is 2.10. The van der Waals surface area contributed by atoms with Crippen LogP contribution in [0.5, 0.6) is 5.75 Å². The van der Waals surface area contributed by atoms with E-state index in [2.05, 4.69) is 0 Å². The van der Waals surface area contributed by atoms with E-state index < -0.39 is 20.3 Å². The van der Waals surface area contributed by atoms with Crippen LogP contribution in [0.2, 0.25) is 0 Å². The molecule has 1 unspecified atom stereocenters. The molecule has 0 heterocycles. The van der Waals surface area contributed by atoms with E-state index in [1.54, 1.807) is 12.1 Å². The minimum absolute atomic E-state index is 0.160. The molecular formula is C9H14NO6P. The van der Waals surface area contributed by atoms with Crippen molar-refractivity contribution in [3.8, 4) is 5.75 Å². The number of phenols is 1. The summed E-state index contributed by atoms with van der Waals surface area (Å²) in [5.41, 5.74) is 6.12. The highest BCUT2D eigenvalue weighted by Gasteiger charge is 2.11. The van der Waals surface area contributed by atoms with Gasteiger partial charge in [-0.25, -0.2) is 0 Å². The predicted octanol–water partition coefficient (Wildman–Crippen LogP) is -0.293. The van der Waals surface area contributed by atoms with Gasteiger partial charge < -0.3 is 25.7 Å². The number of aliphatic carboxylic acids is 1. The third-order valence-electron chi connectivity index (χ3n) is 1.71. The van der Waals surface area contributed by atoms with Crippen LogP contribution in [0.3, 0.4) is 0 Å². The Balaban J connectivity index is 0.000000557. The molecule has 1 aromatic rings. The van der Waals surface area contributed by atoms with Crippen molar-refractivity contribution in [1.29, 1.82) is 0 Å². The summed E-state index contributed by atoms with van der Waals surface area (Å²) in [5.74, 6) is -0.860. The maximum absolute atomic E-state index is 10.4. The number of phenolic OH excluding ortho intramolecular Hbond substituents is 1. The van der Waals surface area contributed by atoms with Crippen LogP contribution in [0.15, 0.2) is 24.3 Å². The van der Waals surface area contributed by atoms with Crippen molar-refractivity contribution in [2.75, 3.05) is 0 Å². The van der Waals surface area contributed by atoms with Gasteiger partial charge in [0.1, 0.15) is 11.8 Å². The summed E-state index contributed by atoms with van der Waals surface area (Å²) in [4.78, 5) is 24.7. The highest BCUT2D eigenvalue weighted by atomic mass is 31.1. The fourth-order valence-corrected chi connectivity index (χ4v) is 0.973. The van der Waals surface area contributed by atoms with Crippen LogP contribution in [0.1, 0.15) is 5.56 Å². The molecule has 1 aromatic carbocycles. The molecule has 0 saturated heterocycles. The van der Waals surface area contributed by atoms with E-state index in [0.29, 0.717) is 0 Å². The summed E-state index contributed by atoms with van der Waals surface area (Å²) in [6.45, 7) is 0. The van der Waals surface area contributed by atoms with Gasteiger partial charge >= 0.3 is 14.2 Å². The predicted molar refractivity (Wildman–Crippen MR) is 60.9 cm³/mol. The summed E-state index contributed by atoms with van der Waals surface area (Å²) in [5, 5.41) is 17.5. The summed E-state index contributed by atoms with van der Waals surface area (Å²) in [6, 6.07) is 5.42. The number of aromatic hydroxyl groups is 1. The minimum Gasteiger partial charge on any atom is -0.508 e. The third-order valence-corrected chi connectivity index (χ3v) is 1.71. The number of hydrogen-bond acceptors (Lipinski definition) is 4. The van der Waals surface area contributed by atoms with Gasteiger partial charge in [-0.3, -0.25) is 9.36 Å². The molecule has 0 radical (unpaired) electrons. The van der Waals surface area contributed by atoms with Crippen molar-refractivity contribution in [1.82, 2.24) is 0 Å². The number of carboxylic acids is 1. The van der Waals surface area contributed by atoms with E-state index in [1.807, 2.05) is 0 Å². The Kier molecular flexibility index (Phi) is 7.16. The molecule has 0 spiro atoms. The molecule has 0 fully saturated rings. The monoisotopic (exact) mass is 263 g/mol. The summed E-state index contributed by atoms with van der Waals surface area (Å²) in [7, 11) is -3.13. The van der Waals surface area contributed by atoms with Gasteiger partial charge in [0.25, 0.3) is 0 Å². The Morgan fingerprint density at radius 3 is 2.06 bits per heavy atom. The lowest BCUT2D eigenvalue weighted by Crippen LogP contribution is -2.32. The molecule has 1 rings (SSSR count). The van der Waals surface area contributed by atoms with Gasteiger partial charge in [-0.05, 0) is 24.1 Å². The average molecular weight is 263 g/mol. The smallest absolute Gasteiger partial charge is 0.320 e. The van der Waals surface area contributed by atoms with E-state index in [-0.39, 0.29) is 12.2 Å². The number of rotatable bonds is 3. The lowest BCUT2D eigenvalue weighted by atomic mass is 10.1. The summed E-state index contributed by atoms with van der Waals surface area (Å²) >= 11 is 0. The molecule has 1 atom stereocenters. The molecule has 0 aliphatic rings. The first-order chi connectivity index (χ1) is 7.82. The van der Waals surface area contributed by atoms with Gasteiger partial charge in [0.15, 0.2) is 0 Å². The topological polar surface area (TPSA) is 141 Å². The number of carboxylic acid groups (broad SMARTS) is 1. The molecule has 0 saturated carbocycles. The zero-order valence-electron chi connectivity index (χ0n) is 8.78. The molecule has 17 heavy (non-hydrogen) atoms. The van der Waals surface area contributed by atoms with E-state index in [4.69, 9.17) is 30.3 Å². The van der Waals surface area contributed by atoms with Gasteiger partial charge in [0, 0.05) is 0 Å². The van der Waals surface area contributed by atoms with Gasteiger partial charge in [0.05, 0.1) is 0 Å². The normalized spacial score (nSPS) is 11.5. The molecule has 0 aliphatic heterocycles. The third kappa shape index (κ3) is 8.41. The van der Waals surface area contributed by atoms with Crippen LogP contribution in [-0.2, 0) is 15.8 Å². The Morgan fingerprint density at radius 2 is 1.71 bits per heavy atom. The Hall–Kier alpha value is -1.40. The molecule has 0 bridgehead atoms. The van der Waals surface area contributed by atoms with Crippen molar-refractivity contribution < 1.29 is 29.4 Å². The standard InChI is InChI=1S/C9H11NO3.H3O3P/c10-8(9(12)13)5-6-1-3-7(11)4-2-6;1-4(2)3/h1-4,8,11H,5,10H2,(H,12,13);4H,(H2,1,2,3). The van der Waals surface area contributed by atoms with E-state index in [1.165, 1.54) is 12.1 Å². The van der Waals surface area contributed by atoms with Crippen LogP contribution in [0, 0.1) is 0 Å². The Morgan fingerprint density at radius 1 is 1.29 bits per heavy atom. The number of hydrogen-bond donors (Lipinski definition) is 5. The summed E-state index contributed by atoms with van der Waals surface area (Å²) in [6.07, 6.45) is 0.273. The quantitative estimate of drug-likeness (QED) is 0.471. The van der Waals surface area contributed by atoms with Crippen molar-refractivity contribution in [2.24, 2.45) is 5.73 Å². The molecule has 8 heteroatoms. The summed E-state index contributed by atoms with van der Waals surface area (Å²) < 4.78 is 8.74. The van der Waals surface area contributed by atoms with Gasteiger partial charge in [-0.15, -0.1) is 0 Å². The Bertz CT molecular complexity index is 376. The number of benzene rings is 1.